The lowest BCUT2D eigenvalue weighted by Crippen LogP contribution is -1.93. The maximum Gasteiger partial charge on any atom is 0.180 e. The van der Waals surface area contributed by atoms with Gasteiger partial charge in [0.05, 0.1) is 0 Å². The van der Waals surface area contributed by atoms with Gasteiger partial charge in [-0.3, -0.25) is 0 Å². The molecule has 0 fully saturated rings. The van der Waals surface area contributed by atoms with E-state index in [2.05, 4.69) is 15.9 Å². The number of aromatic nitrogens is 2. The number of nitrogens with zero attached hydrogens (tertiary/aromatic N) is 2. The zero-order chi connectivity index (χ0) is 17.5. The second-order valence-corrected chi connectivity index (χ2v) is 6.96. The van der Waals surface area contributed by atoms with E-state index in [0.717, 1.165) is 43.4 Å². The number of benzene rings is 3. The van der Waals surface area contributed by atoms with Crippen LogP contribution in [0, 0.1) is 0 Å². The summed E-state index contributed by atoms with van der Waals surface area (Å²) >= 11 is 3.53. The summed E-state index contributed by atoms with van der Waals surface area (Å²) in [7, 11) is 0. The molecule has 124 valence electrons. The summed E-state index contributed by atoms with van der Waals surface area (Å²) in [5, 5.41) is 0.998. The van der Waals surface area contributed by atoms with Gasteiger partial charge in [0, 0.05) is 21.0 Å². The Bertz CT molecular complexity index is 1250. The Balaban J connectivity index is 1.89. The topological polar surface area (TPSA) is 38.9 Å². The van der Waals surface area contributed by atoms with Crippen LogP contribution in [0.3, 0.4) is 0 Å². The van der Waals surface area contributed by atoms with Crippen LogP contribution in [0.15, 0.2) is 87.8 Å². The maximum atomic E-state index is 6.12. The van der Waals surface area contributed by atoms with E-state index in [1.807, 2.05) is 78.9 Å². The molecule has 3 aromatic carbocycles. The number of furan rings is 1. The summed E-state index contributed by atoms with van der Waals surface area (Å²) in [5.41, 5.74) is 5.15. The van der Waals surface area contributed by atoms with E-state index in [0.29, 0.717) is 5.82 Å². The van der Waals surface area contributed by atoms with Crippen molar-refractivity contribution in [1.82, 2.24) is 9.97 Å². The normalized spacial score (nSPS) is 11.3. The van der Waals surface area contributed by atoms with Crippen LogP contribution in [0.4, 0.5) is 0 Å². The summed E-state index contributed by atoms with van der Waals surface area (Å²) in [6.45, 7) is 0. The summed E-state index contributed by atoms with van der Waals surface area (Å²) in [5.74, 6) is 0.684. The molecule has 3 nitrogen and oxygen atoms in total. The van der Waals surface area contributed by atoms with Gasteiger partial charge in [-0.05, 0) is 24.3 Å². The van der Waals surface area contributed by atoms with Crippen molar-refractivity contribution in [2.24, 2.45) is 0 Å². The average Bonchev–Trinajstić information content (AvgIpc) is 3.06. The first-order valence-electron chi connectivity index (χ1n) is 8.30. The Morgan fingerprint density at radius 2 is 1.50 bits per heavy atom. The highest BCUT2D eigenvalue weighted by Gasteiger charge is 2.17. The molecule has 0 atom stereocenters. The third kappa shape index (κ3) is 2.50. The highest BCUT2D eigenvalue weighted by atomic mass is 79.9. The summed E-state index contributed by atoms with van der Waals surface area (Å²) < 4.78 is 7.12. The molecule has 0 unspecified atom stereocenters. The number of hydrogen-bond acceptors (Lipinski definition) is 3. The fourth-order valence-electron chi connectivity index (χ4n) is 3.14. The molecule has 26 heavy (non-hydrogen) atoms. The number of halogens is 1. The Labute approximate surface area is 158 Å². The molecule has 0 aliphatic carbocycles. The van der Waals surface area contributed by atoms with Crippen molar-refractivity contribution in [1.29, 1.82) is 0 Å². The van der Waals surface area contributed by atoms with E-state index in [4.69, 9.17) is 14.4 Å². The Kier molecular flexibility index (Phi) is 3.57. The lowest BCUT2D eigenvalue weighted by molar-refractivity contribution is 0.667. The molecule has 5 rings (SSSR count). The molecule has 0 aliphatic rings. The zero-order valence-corrected chi connectivity index (χ0v) is 15.3. The van der Waals surface area contributed by atoms with Crippen molar-refractivity contribution in [2.75, 3.05) is 0 Å². The van der Waals surface area contributed by atoms with Crippen molar-refractivity contribution in [2.45, 2.75) is 0 Å². The van der Waals surface area contributed by atoms with E-state index in [-0.39, 0.29) is 0 Å². The van der Waals surface area contributed by atoms with Crippen molar-refractivity contribution < 1.29 is 4.42 Å². The minimum absolute atomic E-state index is 0.684. The molecule has 4 heteroatoms. The van der Waals surface area contributed by atoms with E-state index in [1.54, 1.807) is 0 Å². The van der Waals surface area contributed by atoms with E-state index in [9.17, 15) is 0 Å². The van der Waals surface area contributed by atoms with E-state index >= 15 is 0 Å². The molecule has 2 aromatic heterocycles. The summed E-state index contributed by atoms with van der Waals surface area (Å²) in [6, 6.07) is 26.1. The van der Waals surface area contributed by atoms with Crippen molar-refractivity contribution in [3.8, 4) is 22.6 Å². The Morgan fingerprint density at radius 3 is 2.35 bits per heavy atom. The lowest BCUT2D eigenvalue weighted by Gasteiger charge is -2.06. The molecule has 0 bridgehead atoms. The van der Waals surface area contributed by atoms with Gasteiger partial charge < -0.3 is 4.42 Å². The first-order chi connectivity index (χ1) is 12.8. The first kappa shape index (κ1) is 15.3. The van der Waals surface area contributed by atoms with Gasteiger partial charge in [0.2, 0.25) is 0 Å². The van der Waals surface area contributed by atoms with E-state index < -0.39 is 0 Å². The van der Waals surface area contributed by atoms with Crippen LogP contribution in [0.25, 0.3) is 44.7 Å². The average molecular weight is 401 g/mol. The molecular weight excluding hydrogens is 388 g/mol. The minimum Gasteiger partial charge on any atom is -0.452 e. The lowest BCUT2D eigenvalue weighted by atomic mass is 10.1. The fraction of sp³-hybridized carbons (Fsp3) is 0. The highest BCUT2D eigenvalue weighted by molar-refractivity contribution is 9.10. The molecule has 5 aromatic rings. The maximum absolute atomic E-state index is 6.12. The van der Waals surface area contributed by atoms with Gasteiger partial charge in [-0.15, -0.1) is 0 Å². The third-order valence-corrected chi connectivity index (χ3v) is 4.84. The zero-order valence-electron chi connectivity index (χ0n) is 13.7. The van der Waals surface area contributed by atoms with Gasteiger partial charge in [0.1, 0.15) is 16.8 Å². The Morgan fingerprint density at radius 1 is 0.731 bits per heavy atom. The van der Waals surface area contributed by atoms with Gasteiger partial charge in [-0.1, -0.05) is 70.5 Å². The summed E-state index contributed by atoms with van der Waals surface area (Å²) in [6.07, 6.45) is 0. The largest absolute Gasteiger partial charge is 0.452 e. The van der Waals surface area contributed by atoms with Gasteiger partial charge in [0.15, 0.2) is 11.4 Å². The van der Waals surface area contributed by atoms with Crippen LogP contribution in [0.1, 0.15) is 0 Å². The van der Waals surface area contributed by atoms with Crippen LogP contribution < -0.4 is 0 Å². The predicted octanol–water partition coefficient (Wildman–Crippen LogP) is 6.47. The van der Waals surface area contributed by atoms with Crippen LogP contribution in [-0.4, -0.2) is 9.97 Å². The second kappa shape index (κ2) is 6.07. The second-order valence-electron chi connectivity index (χ2n) is 6.05. The monoisotopic (exact) mass is 400 g/mol. The Hall–Kier alpha value is -2.98. The molecule has 2 heterocycles. The molecule has 0 saturated heterocycles. The summed E-state index contributed by atoms with van der Waals surface area (Å²) in [4.78, 5) is 9.69. The quantitative estimate of drug-likeness (QED) is 0.340. The first-order valence-corrected chi connectivity index (χ1v) is 9.09. The number of hydrogen-bond donors (Lipinski definition) is 0. The number of rotatable bonds is 2. The van der Waals surface area contributed by atoms with Crippen molar-refractivity contribution >= 4 is 38.0 Å². The van der Waals surface area contributed by atoms with Gasteiger partial charge in [0.25, 0.3) is 0 Å². The number of para-hydroxylation sites is 1. The SMILES string of the molecule is Brc1cccc(-c2nc(-c3ccccc3)c3oc4ccccc4c3n2)c1. The molecule has 0 aliphatic heterocycles. The molecule has 0 amide bonds. The van der Waals surface area contributed by atoms with Crippen LogP contribution >= 0.6 is 15.9 Å². The predicted molar refractivity (Wildman–Crippen MR) is 108 cm³/mol. The van der Waals surface area contributed by atoms with Gasteiger partial charge >= 0.3 is 0 Å². The molecule has 0 N–H and O–H groups in total. The highest BCUT2D eigenvalue weighted by Crippen LogP contribution is 2.35. The minimum atomic E-state index is 0.684. The van der Waals surface area contributed by atoms with Crippen molar-refractivity contribution in [3.05, 3.63) is 83.3 Å². The van der Waals surface area contributed by atoms with Crippen LogP contribution in [0.5, 0.6) is 0 Å². The smallest absolute Gasteiger partial charge is 0.180 e. The molecule has 0 radical (unpaired) electrons. The third-order valence-electron chi connectivity index (χ3n) is 4.35. The van der Waals surface area contributed by atoms with Crippen LogP contribution in [-0.2, 0) is 0 Å². The molecule has 0 spiro atoms. The van der Waals surface area contributed by atoms with Crippen LogP contribution in [0.2, 0.25) is 0 Å². The standard InChI is InChI=1S/C22H13BrN2O/c23-16-10-6-9-15(13-16)22-24-19(14-7-2-1-3-8-14)21-20(25-22)17-11-4-5-12-18(17)26-21/h1-13H. The number of fused-ring (bicyclic) bond motifs is 3. The fourth-order valence-corrected chi connectivity index (χ4v) is 3.54. The molecular formula is C22H13BrN2O. The van der Waals surface area contributed by atoms with Gasteiger partial charge in [-0.25, -0.2) is 9.97 Å². The van der Waals surface area contributed by atoms with Crippen molar-refractivity contribution in [3.63, 3.8) is 0 Å². The van der Waals surface area contributed by atoms with E-state index in [1.165, 1.54) is 0 Å². The molecule has 0 saturated carbocycles. The van der Waals surface area contributed by atoms with Gasteiger partial charge in [-0.2, -0.15) is 0 Å².